The summed E-state index contributed by atoms with van der Waals surface area (Å²) in [6, 6.07) is 7.63. The number of fused-ring (bicyclic) bond motifs is 2. The maximum absolute atomic E-state index is 15.5. The molecule has 0 bridgehead atoms. The topological polar surface area (TPSA) is 109 Å². The van der Waals surface area contributed by atoms with E-state index in [-0.39, 0.29) is 31.3 Å². The molecule has 5 heterocycles. The highest BCUT2D eigenvalue weighted by atomic mass is 19.1. The predicted molar refractivity (Wildman–Crippen MR) is 158 cm³/mol. The van der Waals surface area contributed by atoms with Crippen molar-refractivity contribution in [2.24, 2.45) is 11.3 Å². The second-order valence-electron chi connectivity index (χ2n) is 12.5. The highest BCUT2D eigenvalue weighted by Crippen LogP contribution is 2.43. The van der Waals surface area contributed by atoms with Crippen LogP contribution in [0.2, 0.25) is 0 Å². The minimum absolute atomic E-state index is 0.0861. The third-order valence-electron chi connectivity index (χ3n) is 8.24. The van der Waals surface area contributed by atoms with Gasteiger partial charge < -0.3 is 10.1 Å². The van der Waals surface area contributed by atoms with Crippen molar-refractivity contribution in [3.05, 3.63) is 65.2 Å². The maximum atomic E-state index is 15.5. The molecule has 0 spiro atoms. The van der Waals surface area contributed by atoms with Gasteiger partial charge in [-0.1, -0.05) is 33.8 Å². The summed E-state index contributed by atoms with van der Waals surface area (Å²) < 4.78 is 50.8. The molecule has 2 atom stereocenters. The number of ether oxygens (including phenoxy) is 1. The largest absolute Gasteiger partial charge is 0.482 e. The van der Waals surface area contributed by atoms with Gasteiger partial charge in [-0.25, -0.2) is 22.8 Å². The number of carbonyl (C=O) groups excluding carboxylic acids is 1. The fraction of sp³-hybridized carbons (Fsp3) is 0.406. The Hall–Kier alpha value is -4.50. The molecule has 0 aliphatic carbocycles. The van der Waals surface area contributed by atoms with E-state index in [1.807, 2.05) is 27.7 Å². The highest BCUT2D eigenvalue weighted by molar-refractivity contribution is 6.00. The number of amides is 1. The van der Waals surface area contributed by atoms with E-state index in [1.54, 1.807) is 29.1 Å². The summed E-state index contributed by atoms with van der Waals surface area (Å²) >= 11 is 0. The van der Waals surface area contributed by atoms with Crippen molar-refractivity contribution < 1.29 is 22.7 Å². The standard InChI is InChI=1S/C32H32F3N7O2/c1-17(2)7-24-20(10-36)29(21-12-39-42(31(21)40-24)30-23(35)13-37-16-32(30,3)4)18-5-6-26-27(8-18)44-15-28(43)41(26)14-25-22(34)9-19(33)11-38-25/h5-6,8-9,11-12,17,23,30,37H,7,13-16H2,1-4H3. The van der Waals surface area contributed by atoms with E-state index in [0.29, 0.717) is 57.8 Å². The van der Waals surface area contributed by atoms with Crippen LogP contribution >= 0.6 is 0 Å². The lowest BCUT2D eigenvalue weighted by Gasteiger charge is -2.41. The van der Waals surface area contributed by atoms with Crippen LogP contribution in [0.25, 0.3) is 22.2 Å². The van der Waals surface area contributed by atoms with Crippen LogP contribution in [0, 0.1) is 34.3 Å². The summed E-state index contributed by atoms with van der Waals surface area (Å²) in [5, 5.41) is 18.8. The van der Waals surface area contributed by atoms with E-state index in [9.17, 15) is 18.8 Å². The van der Waals surface area contributed by atoms with Crippen LogP contribution < -0.4 is 15.0 Å². The molecule has 3 aromatic heterocycles. The molecule has 228 valence electrons. The monoisotopic (exact) mass is 603 g/mol. The predicted octanol–water partition coefficient (Wildman–Crippen LogP) is 5.28. The number of nitriles is 1. The lowest BCUT2D eigenvalue weighted by molar-refractivity contribution is -0.121. The van der Waals surface area contributed by atoms with E-state index in [2.05, 4.69) is 21.5 Å². The zero-order valence-electron chi connectivity index (χ0n) is 24.9. The molecule has 1 saturated heterocycles. The number of carbonyl (C=O) groups is 1. The Morgan fingerprint density at radius 2 is 2.00 bits per heavy atom. The molecule has 6 rings (SSSR count). The van der Waals surface area contributed by atoms with Crippen molar-refractivity contribution in [1.29, 1.82) is 5.26 Å². The second kappa shape index (κ2) is 11.2. The molecule has 4 aromatic rings. The zero-order valence-corrected chi connectivity index (χ0v) is 24.9. The van der Waals surface area contributed by atoms with Gasteiger partial charge in [0.15, 0.2) is 12.3 Å². The molecular weight excluding hydrogens is 571 g/mol. The van der Waals surface area contributed by atoms with E-state index in [4.69, 9.17) is 9.72 Å². The Kier molecular flexibility index (Phi) is 7.53. The summed E-state index contributed by atoms with van der Waals surface area (Å²) in [7, 11) is 0. The number of benzene rings is 1. The van der Waals surface area contributed by atoms with Crippen LogP contribution in [0.15, 0.2) is 36.7 Å². The number of nitrogens with one attached hydrogen (secondary N) is 1. The quantitative estimate of drug-likeness (QED) is 0.320. The maximum Gasteiger partial charge on any atom is 0.265 e. The average Bonchev–Trinajstić information content (AvgIpc) is 3.36. The van der Waals surface area contributed by atoms with E-state index in [1.165, 1.54) is 4.90 Å². The van der Waals surface area contributed by atoms with Gasteiger partial charge in [-0.05, 0) is 30.0 Å². The van der Waals surface area contributed by atoms with Gasteiger partial charge >= 0.3 is 0 Å². The van der Waals surface area contributed by atoms with Crippen LogP contribution in [-0.2, 0) is 17.8 Å². The van der Waals surface area contributed by atoms with Crippen molar-refractivity contribution in [2.75, 3.05) is 24.6 Å². The van der Waals surface area contributed by atoms with Gasteiger partial charge in [0.25, 0.3) is 5.91 Å². The number of anilines is 1. The first kappa shape index (κ1) is 29.6. The molecule has 2 unspecified atom stereocenters. The molecule has 44 heavy (non-hydrogen) atoms. The summed E-state index contributed by atoms with van der Waals surface area (Å²) in [6.45, 7) is 8.35. The Balaban J connectivity index is 1.50. The Bertz CT molecular complexity index is 1810. The molecule has 12 heteroatoms. The van der Waals surface area contributed by atoms with Crippen molar-refractivity contribution >= 4 is 22.6 Å². The normalized spacial score (nSPS) is 19.6. The van der Waals surface area contributed by atoms with Crippen molar-refractivity contribution in [3.63, 3.8) is 0 Å². The molecule has 1 N–H and O–H groups in total. The van der Waals surface area contributed by atoms with Gasteiger partial charge in [0, 0.05) is 35.5 Å². The molecule has 2 aliphatic heterocycles. The average molecular weight is 604 g/mol. The molecule has 0 radical (unpaired) electrons. The molecule has 1 aromatic carbocycles. The summed E-state index contributed by atoms with van der Waals surface area (Å²) in [5.41, 5.74) is 2.51. The number of halogens is 3. The molecule has 1 fully saturated rings. The van der Waals surface area contributed by atoms with Crippen molar-refractivity contribution in [2.45, 2.75) is 52.9 Å². The minimum Gasteiger partial charge on any atom is -0.482 e. The van der Waals surface area contributed by atoms with Gasteiger partial charge in [-0.2, -0.15) is 10.4 Å². The van der Waals surface area contributed by atoms with Crippen LogP contribution in [0.3, 0.4) is 0 Å². The third-order valence-corrected chi connectivity index (χ3v) is 8.24. The lowest BCUT2D eigenvalue weighted by atomic mass is 9.79. The number of nitrogens with zero attached hydrogens (tertiary/aromatic N) is 6. The number of alkyl halides is 1. The van der Waals surface area contributed by atoms with E-state index >= 15 is 4.39 Å². The lowest BCUT2D eigenvalue weighted by Crippen LogP contribution is -2.51. The highest BCUT2D eigenvalue weighted by Gasteiger charge is 2.42. The molecular formula is C32H32F3N7O2. The number of piperidine rings is 1. The van der Waals surface area contributed by atoms with E-state index < -0.39 is 35.2 Å². The third kappa shape index (κ3) is 5.15. The van der Waals surface area contributed by atoms with Gasteiger partial charge in [0.1, 0.15) is 29.6 Å². The fourth-order valence-corrected chi connectivity index (χ4v) is 6.23. The molecule has 2 aliphatic rings. The number of hydrogen-bond donors (Lipinski definition) is 1. The first-order chi connectivity index (χ1) is 21.0. The Morgan fingerprint density at radius 1 is 1.20 bits per heavy atom. The van der Waals surface area contributed by atoms with Crippen molar-refractivity contribution in [3.8, 4) is 22.9 Å². The van der Waals surface area contributed by atoms with Gasteiger partial charge in [-0.15, -0.1) is 0 Å². The number of aromatic nitrogens is 4. The minimum atomic E-state index is -1.20. The second-order valence-corrected chi connectivity index (χ2v) is 12.5. The summed E-state index contributed by atoms with van der Waals surface area (Å²) in [6.07, 6.45) is 1.85. The van der Waals surface area contributed by atoms with Crippen LogP contribution in [-0.4, -0.2) is 51.5 Å². The first-order valence-corrected chi connectivity index (χ1v) is 14.5. The Labute approximate surface area is 252 Å². The van der Waals surface area contributed by atoms with Crippen molar-refractivity contribution in [1.82, 2.24) is 25.1 Å². The first-order valence-electron chi connectivity index (χ1n) is 14.5. The zero-order chi connectivity index (χ0) is 31.3. The van der Waals surface area contributed by atoms with Crippen LogP contribution in [0.4, 0.5) is 18.9 Å². The van der Waals surface area contributed by atoms with Crippen LogP contribution in [0.1, 0.15) is 50.7 Å². The number of pyridine rings is 2. The Morgan fingerprint density at radius 3 is 2.70 bits per heavy atom. The molecule has 9 nitrogen and oxygen atoms in total. The number of rotatable bonds is 6. The smallest absolute Gasteiger partial charge is 0.265 e. The SMILES string of the molecule is CC(C)Cc1nc2c(cnn2C2C(F)CNCC2(C)C)c(-c2ccc3c(c2)OCC(=O)N3Cc2ncc(F)cc2F)c1C#N. The molecule has 1 amide bonds. The summed E-state index contributed by atoms with van der Waals surface area (Å²) in [4.78, 5) is 22.9. The van der Waals surface area contributed by atoms with Gasteiger partial charge in [0.05, 0.1) is 47.6 Å². The van der Waals surface area contributed by atoms with Gasteiger partial charge in [-0.3, -0.25) is 14.7 Å². The van der Waals surface area contributed by atoms with Gasteiger partial charge in [0.2, 0.25) is 0 Å². The van der Waals surface area contributed by atoms with E-state index in [0.717, 1.165) is 12.3 Å². The molecule has 0 saturated carbocycles. The number of hydrogen-bond acceptors (Lipinski definition) is 7. The fourth-order valence-electron chi connectivity index (χ4n) is 6.23. The van der Waals surface area contributed by atoms with Crippen LogP contribution in [0.5, 0.6) is 5.75 Å². The summed E-state index contributed by atoms with van der Waals surface area (Å²) in [5.74, 6) is -1.55.